The molecule has 0 aliphatic carbocycles. The molecule has 2 aliphatic rings. The van der Waals surface area contributed by atoms with Crippen molar-refractivity contribution in [1.29, 1.82) is 0 Å². The molecule has 2 unspecified atom stereocenters. The largest absolute Gasteiger partial charge is 0.418 e. The van der Waals surface area contributed by atoms with Gasteiger partial charge >= 0.3 is 12.2 Å². The fourth-order valence-corrected chi connectivity index (χ4v) is 3.84. The van der Waals surface area contributed by atoms with E-state index in [0.29, 0.717) is 5.56 Å². The van der Waals surface area contributed by atoms with Gasteiger partial charge in [0.15, 0.2) is 0 Å². The van der Waals surface area contributed by atoms with E-state index in [1.807, 2.05) is 4.90 Å². The number of hydrogen-bond donors (Lipinski definition) is 2. The maximum Gasteiger partial charge on any atom is 0.418 e. The second-order valence-electron chi connectivity index (χ2n) is 6.29. The molecule has 2 bridgehead atoms. The first-order chi connectivity index (χ1) is 10.9. The minimum absolute atomic E-state index is 0.00838. The van der Waals surface area contributed by atoms with Crippen LogP contribution in [0.2, 0.25) is 0 Å². The summed E-state index contributed by atoms with van der Waals surface area (Å²) in [5.74, 6) is 0. The van der Waals surface area contributed by atoms with Gasteiger partial charge in [-0.05, 0) is 49.8 Å². The van der Waals surface area contributed by atoms with E-state index in [2.05, 4.69) is 5.32 Å². The molecule has 126 valence electrons. The Kier molecular flexibility index (Phi) is 4.12. The van der Waals surface area contributed by atoms with E-state index in [1.54, 1.807) is 6.07 Å². The van der Waals surface area contributed by atoms with Crippen molar-refractivity contribution in [1.82, 2.24) is 5.32 Å². The third kappa shape index (κ3) is 3.23. The van der Waals surface area contributed by atoms with Gasteiger partial charge in [0.2, 0.25) is 0 Å². The number of anilines is 1. The molecule has 1 aromatic carbocycles. The van der Waals surface area contributed by atoms with E-state index < -0.39 is 17.8 Å². The van der Waals surface area contributed by atoms with Crippen molar-refractivity contribution in [2.24, 2.45) is 5.73 Å². The van der Waals surface area contributed by atoms with E-state index in [0.717, 1.165) is 38.2 Å². The number of carbonyl (C=O) groups is 1. The first-order valence-corrected chi connectivity index (χ1v) is 7.88. The normalized spacial score (nSPS) is 23.9. The number of halogens is 3. The van der Waals surface area contributed by atoms with Gasteiger partial charge in [0, 0.05) is 24.3 Å². The fourth-order valence-electron chi connectivity index (χ4n) is 3.84. The summed E-state index contributed by atoms with van der Waals surface area (Å²) in [6.07, 6.45) is 0.514. The number of benzene rings is 1. The Morgan fingerprint density at radius 3 is 2.43 bits per heavy atom. The Labute approximate surface area is 132 Å². The molecular formula is C16H20F3N3O. The van der Waals surface area contributed by atoms with E-state index in [9.17, 15) is 18.0 Å². The lowest BCUT2D eigenvalue weighted by molar-refractivity contribution is -0.137. The Morgan fingerprint density at radius 2 is 1.87 bits per heavy atom. The number of urea groups is 1. The molecule has 2 aliphatic heterocycles. The second kappa shape index (κ2) is 5.94. The summed E-state index contributed by atoms with van der Waals surface area (Å²) in [5.41, 5.74) is 5.01. The number of alkyl halides is 3. The van der Waals surface area contributed by atoms with Crippen molar-refractivity contribution >= 4 is 11.7 Å². The summed E-state index contributed by atoms with van der Waals surface area (Å²) in [6, 6.07) is 3.97. The predicted molar refractivity (Wildman–Crippen MR) is 81.0 cm³/mol. The number of amides is 2. The quantitative estimate of drug-likeness (QED) is 0.894. The van der Waals surface area contributed by atoms with Crippen LogP contribution in [-0.2, 0) is 12.7 Å². The Balaban J connectivity index is 1.94. The minimum atomic E-state index is -4.42. The lowest BCUT2D eigenvalue weighted by Gasteiger charge is -2.38. The van der Waals surface area contributed by atoms with Gasteiger partial charge < -0.3 is 16.0 Å². The topological polar surface area (TPSA) is 58.4 Å². The van der Waals surface area contributed by atoms with Crippen LogP contribution in [0.1, 0.15) is 43.2 Å². The highest BCUT2D eigenvalue weighted by atomic mass is 19.4. The number of fused-ring (bicyclic) bond motifs is 2. The number of nitrogens with one attached hydrogen (secondary N) is 1. The highest BCUT2D eigenvalue weighted by Crippen LogP contribution is 2.44. The van der Waals surface area contributed by atoms with Crippen molar-refractivity contribution in [2.45, 2.75) is 56.9 Å². The number of nitrogens with two attached hydrogens (primary N) is 1. The molecule has 2 atom stereocenters. The Bertz CT molecular complexity index is 587. The molecule has 3 N–H and O–H groups in total. The zero-order valence-corrected chi connectivity index (χ0v) is 12.7. The van der Waals surface area contributed by atoms with E-state index in [4.69, 9.17) is 5.73 Å². The van der Waals surface area contributed by atoms with Crippen LogP contribution >= 0.6 is 0 Å². The maximum absolute atomic E-state index is 13.5. The number of carbonyl (C=O) groups excluding carboxylic acids is 1. The number of piperidine rings is 1. The van der Waals surface area contributed by atoms with Crippen LogP contribution in [0, 0.1) is 0 Å². The first-order valence-electron chi connectivity index (χ1n) is 7.88. The van der Waals surface area contributed by atoms with Crippen LogP contribution in [-0.4, -0.2) is 18.1 Å². The smallest absolute Gasteiger partial charge is 0.365 e. The van der Waals surface area contributed by atoms with Crippen LogP contribution in [0.5, 0.6) is 0 Å². The van der Waals surface area contributed by atoms with Gasteiger partial charge in [0.25, 0.3) is 0 Å². The molecule has 2 amide bonds. The lowest BCUT2D eigenvalue weighted by Crippen LogP contribution is -2.40. The molecule has 2 heterocycles. The summed E-state index contributed by atoms with van der Waals surface area (Å²) in [4.78, 5) is 12.7. The van der Waals surface area contributed by atoms with E-state index >= 15 is 0 Å². The average Bonchev–Trinajstić information content (AvgIpc) is 2.73. The van der Waals surface area contributed by atoms with Gasteiger partial charge in [-0.15, -0.1) is 0 Å². The van der Waals surface area contributed by atoms with Gasteiger partial charge in [-0.2, -0.15) is 13.2 Å². The fraction of sp³-hybridized carbons (Fsp3) is 0.562. The zero-order chi connectivity index (χ0) is 16.6. The third-order valence-electron chi connectivity index (χ3n) is 4.81. The van der Waals surface area contributed by atoms with Gasteiger partial charge in [-0.3, -0.25) is 0 Å². The van der Waals surface area contributed by atoms with Crippen LogP contribution in [0.3, 0.4) is 0 Å². The van der Waals surface area contributed by atoms with E-state index in [1.165, 1.54) is 6.07 Å². The molecule has 4 nitrogen and oxygen atoms in total. The zero-order valence-electron chi connectivity index (χ0n) is 12.7. The van der Waals surface area contributed by atoms with Crippen LogP contribution in [0.4, 0.5) is 23.7 Å². The second-order valence-corrected chi connectivity index (χ2v) is 6.29. The number of hydrogen-bond acceptors (Lipinski definition) is 2. The number of nitrogens with zero attached hydrogens (tertiary/aromatic N) is 1. The summed E-state index contributed by atoms with van der Waals surface area (Å²) >= 11 is 0. The minimum Gasteiger partial charge on any atom is -0.365 e. The standard InChI is InChI=1S/C16H20F3N3O/c17-16(18,19)13-8-10(9-21-15(20)23)4-7-14(13)22-11-2-1-3-12(22)6-5-11/h4,7-8,11-12H,1-3,5-6,9H2,(H3,20,21,23). The van der Waals surface area contributed by atoms with Crippen molar-refractivity contribution in [3.63, 3.8) is 0 Å². The molecule has 3 rings (SSSR count). The molecule has 0 saturated carbocycles. The number of rotatable bonds is 3. The SMILES string of the molecule is NC(=O)NCc1ccc(N2C3CCCC2CC3)c(C(F)(F)F)c1. The van der Waals surface area contributed by atoms with Crippen molar-refractivity contribution in [3.05, 3.63) is 29.3 Å². The lowest BCUT2D eigenvalue weighted by atomic mass is 9.99. The Morgan fingerprint density at radius 1 is 1.22 bits per heavy atom. The van der Waals surface area contributed by atoms with Crippen LogP contribution < -0.4 is 16.0 Å². The molecule has 0 aromatic heterocycles. The van der Waals surface area contributed by atoms with Gasteiger partial charge in [-0.1, -0.05) is 6.07 Å². The van der Waals surface area contributed by atoms with Gasteiger partial charge in [0.05, 0.1) is 5.56 Å². The highest BCUT2D eigenvalue weighted by Gasteiger charge is 2.42. The van der Waals surface area contributed by atoms with Gasteiger partial charge in [-0.25, -0.2) is 4.79 Å². The van der Waals surface area contributed by atoms with Crippen LogP contribution in [0.25, 0.3) is 0 Å². The molecule has 7 heteroatoms. The van der Waals surface area contributed by atoms with Crippen molar-refractivity contribution in [3.8, 4) is 0 Å². The monoisotopic (exact) mass is 327 g/mol. The van der Waals surface area contributed by atoms with Crippen LogP contribution in [0.15, 0.2) is 18.2 Å². The summed E-state index contributed by atoms with van der Waals surface area (Å²) in [5, 5.41) is 2.33. The molecular weight excluding hydrogens is 307 g/mol. The molecule has 0 radical (unpaired) electrons. The Hall–Kier alpha value is -1.92. The highest BCUT2D eigenvalue weighted by molar-refractivity contribution is 5.71. The molecule has 0 spiro atoms. The average molecular weight is 327 g/mol. The van der Waals surface area contributed by atoms with Crippen molar-refractivity contribution < 1.29 is 18.0 Å². The summed E-state index contributed by atoms with van der Waals surface area (Å²) in [7, 11) is 0. The van der Waals surface area contributed by atoms with Crippen molar-refractivity contribution in [2.75, 3.05) is 4.90 Å². The number of primary amides is 1. The van der Waals surface area contributed by atoms with E-state index in [-0.39, 0.29) is 24.3 Å². The summed E-state index contributed by atoms with van der Waals surface area (Å²) < 4.78 is 40.6. The summed E-state index contributed by atoms with van der Waals surface area (Å²) in [6.45, 7) is -0.00838. The molecule has 2 saturated heterocycles. The molecule has 23 heavy (non-hydrogen) atoms. The maximum atomic E-state index is 13.5. The van der Waals surface area contributed by atoms with Gasteiger partial charge in [0.1, 0.15) is 0 Å². The molecule has 1 aromatic rings. The first kappa shape index (κ1) is 16.0. The molecule has 2 fully saturated rings. The predicted octanol–water partition coefficient (Wildman–Crippen LogP) is 3.40. The third-order valence-corrected chi connectivity index (χ3v) is 4.81.